The lowest BCUT2D eigenvalue weighted by atomic mass is 9.79. The van der Waals surface area contributed by atoms with Gasteiger partial charge in [0.2, 0.25) is 0 Å². The summed E-state index contributed by atoms with van der Waals surface area (Å²) < 4.78 is 0. The van der Waals surface area contributed by atoms with Crippen LogP contribution >= 0.6 is 0 Å². The van der Waals surface area contributed by atoms with Crippen LogP contribution in [0.3, 0.4) is 0 Å². The van der Waals surface area contributed by atoms with Gasteiger partial charge < -0.3 is 0 Å². The molecule has 0 N–H and O–H groups in total. The highest BCUT2D eigenvalue weighted by molar-refractivity contribution is 5.32. The van der Waals surface area contributed by atoms with Crippen LogP contribution in [0.2, 0.25) is 0 Å². The molecule has 1 aliphatic heterocycles. The Morgan fingerprint density at radius 1 is 0.655 bits per heavy atom. The molecular formula is C27H38N2. The van der Waals surface area contributed by atoms with Gasteiger partial charge in [0.05, 0.1) is 0 Å². The first-order valence-corrected chi connectivity index (χ1v) is 10.9. The van der Waals surface area contributed by atoms with Gasteiger partial charge in [0.1, 0.15) is 6.67 Å². The summed E-state index contributed by atoms with van der Waals surface area (Å²) in [4.78, 5) is 4.92. The van der Waals surface area contributed by atoms with Crippen LogP contribution in [0.1, 0.15) is 75.9 Å². The molecule has 2 atom stereocenters. The van der Waals surface area contributed by atoms with Crippen LogP contribution in [0.15, 0.2) is 48.5 Å². The Hall–Kier alpha value is -1.64. The maximum atomic E-state index is 3.82. The van der Waals surface area contributed by atoms with Gasteiger partial charge in [0, 0.05) is 25.2 Å². The predicted octanol–water partition coefficient (Wildman–Crippen LogP) is 6.79. The summed E-state index contributed by atoms with van der Waals surface area (Å²) in [5.41, 5.74) is 5.79. The van der Waals surface area contributed by atoms with Crippen molar-refractivity contribution in [1.29, 1.82) is 0 Å². The third-order valence-electron chi connectivity index (χ3n) is 6.07. The first-order valence-electron chi connectivity index (χ1n) is 10.9. The molecule has 0 unspecified atom stereocenters. The van der Waals surface area contributed by atoms with Gasteiger partial charge in [0.15, 0.2) is 0 Å². The van der Waals surface area contributed by atoms with Gasteiger partial charge in [-0.1, -0.05) is 90.1 Å². The van der Waals surface area contributed by atoms with E-state index >= 15 is 0 Å². The van der Waals surface area contributed by atoms with E-state index < -0.39 is 0 Å². The number of benzene rings is 2. The van der Waals surface area contributed by atoms with Gasteiger partial charge in [0.25, 0.3) is 0 Å². The van der Waals surface area contributed by atoms with E-state index in [1.54, 1.807) is 0 Å². The van der Waals surface area contributed by atoms with E-state index in [9.17, 15) is 0 Å². The minimum absolute atomic E-state index is 0.120. The van der Waals surface area contributed by atoms with E-state index in [1.807, 2.05) is 0 Å². The third kappa shape index (κ3) is 4.75. The highest BCUT2D eigenvalue weighted by Crippen LogP contribution is 2.46. The van der Waals surface area contributed by atoms with E-state index in [1.165, 1.54) is 22.3 Å². The highest BCUT2D eigenvalue weighted by Gasteiger charge is 2.42. The third-order valence-corrected chi connectivity index (χ3v) is 6.07. The summed E-state index contributed by atoms with van der Waals surface area (Å²) in [7, 11) is 0. The fourth-order valence-electron chi connectivity index (χ4n) is 4.85. The Bertz CT molecular complexity index is 755. The maximum Gasteiger partial charge on any atom is 0.147 e. The quantitative estimate of drug-likeness (QED) is 0.567. The molecule has 0 spiro atoms. The molecule has 1 fully saturated rings. The number of nitrogens with zero attached hydrogens (tertiary/aromatic N) is 2. The summed E-state index contributed by atoms with van der Waals surface area (Å²) in [6.45, 7) is 24.4. The smallest absolute Gasteiger partial charge is 0.147 e. The summed E-state index contributed by atoms with van der Waals surface area (Å²) >= 11 is 0. The molecule has 3 rings (SSSR count). The number of aryl methyl sites for hydroxylation is 2. The van der Waals surface area contributed by atoms with Gasteiger partial charge >= 0.3 is 0 Å². The van der Waals surface area contributed by atoms with Crippen molar-refractivity contribution in [2.24, 2.45) is 10.8 Å². The van der Waals surface area contributed by atoms with E-state index in [0.717, 1.165) is 13.1 Å². The Balaban J connectivity index is 1.94. The van der Waals surface area contributed by atoms with Gasteiger partial charge in [-0.25, -0.2) is 0 Å². The molecule has 1 saturated heterocycles. The molecule has 2 aromatic carbocycles. The standard InChI is InChI=1S/C27H38N2/c1-20-13-9-11-15-22(20)24(26(3,4)5)28-17-18-29(19-28)25(27(6,7)8)23-16-12-10-14-21(23)2/h9-16,24-25H,17-18H2,1-8H3/t24-,25-/m1/s1. The molecule has 0 saturated carbocycles. The van der Waals surface area contributed by atoms with Crippen LogP contribution in [0.25, 0.3) is 0 Å². The molecule has 2 aromatic rings. The Morgan fingerprint density at radius 3 is 1.31 bits per heavy atom. The lowest BCUT2D eigenvalue weighted by molar-refractivity contribution is 0.105. The molecule has 2 heteroatoms. The monoisotopic (exact) mass is 390 g/mol. The largest absolute Gasteiger partial charge is 0.271 e. The zero-order chi connectivity index (χ0) is 21.4. The predicted molar refractivity (Wildman–Crippen MR) is 123 cm³/mol. The highest BCUT2D eigenvalue weighted by atomic mass is 15.4. The molecule has 2 nitrogen and oxygen atoms in total. The van der Waals surface area contributed by atoms with Crippen LogP contribution in [0, 0.1) is 31.3 Å². The molecule has 29 heavy (non-hydrogen) atoms. The average Bonchev–Trinajstić information content (AvgIpc) is 3.05. The summed E-state index contributed by atoms with van der Waals surface area (Å²) in [5.74, 6) is 0. The SMILES string of the molecule is Cc1ccccc1[C@@H](N1[C]N([C@H](c2ccccc2C)C(C)(C)C)CC1)C(C)(C)C. The topological polar surface area (TPSA) is 6.48 Å². The second-order valence-electron chi connectivity index (χ2n) is 10.7. The second-order valence-corrected chi connectivity index (χ2v) is 10.7. The zero-order valence-corrected chi connectivity index (χ0v) is 19.6. The minimum atomic E-state index is 0.120. The Labute approximate surface area is 178 Å². The summed E-state index contributed by atoms with van der Waals surface area (Å²) in [6.07, 6.45) is 0. The number of hydrogen-bond acceptors (Lipinski definition) is 2. The average molecular weight is 391 g/mol. The van der Waals surface area contributed by atoms with E-state index in [4.69, 9.17) is 0 Å². The van der Waals surface area contributed by atoms with Gasteiger partial charge in [-0.2, -0.15) is 0 Å². The Kier molecular flexibility index (Phi) is 6.27. The van der Waals surface area contributed by atoms with Crippen molar-refractivity contribution in [1.82, 2.24) is 9.80 Å². The number of rotatable bonds is 4. The molecule has 0 aromatic heterocycles. The molecule has 1 aliphatic rings. The van der Waals surface area contributed by atoms with Crippen LogP contribution in [0.4, 0.5) is 0 Å². The first-order chi connectivity index (χ1) is 13.5. The van der Waals surface area contributed by atoms with Crippen LogP contribution in [-0.4, -0.2) is 22.9 Å². The van der Waals surface area contributed by atoms with E-state index in [-0.39, 0.29) is 10.8 Å². The van der Waals surface area contributed by atoms with Crippen molar-refractivity contribution in [3.63, 3.8) is 0 Å². The zero-order valence-electron chi connectivity index (χ0n) is 19.6. The van der Waals surface area contributed by atoms with Crippen molar-refractivity contribution in [3.8, 4) is 0 Å². The lowest BCUT2D eigenvalue weighted by Crippen LogP contribution is -2.37. The lowest BCUT2D eigenvalue weighted by Gasteiger charge is -2.41. The van der Waals surface area contributed by atoms with Crippen molar-refractivity contribution in [2.75, 3.05) is 13.1 Å². The maximum absolute atomic E-state index is 3.82. The molecule has 1 heterocycles. The van der Waals surface area contributed by atoms with Crippen LogP contribution in [-0.2, 0) is 0 Å². The fraction of sp³-hybridized carbons (Fsp3) is 0.519. The van der Waals surface area contributed by atoms with E-state index in [0.29, 0.717) is 12.1 Å². The van der Waals surface area contributed by atoms with Crippen LogP contribution in [0.5, 0.6) is 0 Å². The van der Waals surface area contributed by atoms with Crippen molar-refractivity contribution >= 4 is 0 Å². The van der Waals surface area contributed by atoms with Crippen molar-refractivity contribution in [3.05, 3.63) is 77.5 Å². The van der Waals surface area contributed by atoms with Crippen LogP contribution < -0.4 is 0 Å². The molecule has 2 radical (unpaired) electrons. The van der Waals surface area contributed by atoms with E-state index in [2.05, 4.69) is 120 Å². The molecule has 0 bridgehead atoms. The minimum Gasteiger partial charge on any atom is -0.271 e. The Morgan fingerprint density at radius 2 is 1.00 bits per heavy atom. The van der Waals surface area contributed by atoms with Crippen molar-refractivity contribution < 1.29 is 0 Å². The second kappa shape index (κ2) is 8.24. The van der Waals surface area contributed by atoms with Gasteiger partial charge in [-0.15, -0.1) is 0 Å². The normalized spacial score (nSPS) is 18.8. The molecule has 0 amide bonds. The van der Waals surface area contributed by atoms with Gasteiger partial charge in [-0.05, 0) is 46.9 Å². The molecular weight excluding hydrogens is 352 g/mol. The molecule has 156 valence electrons. The summed E-state index contributed by atoms with van der Waals surface area (Å²) in [5, 5.41) is 0. The summed E-state index contributed by atoms with van der Waals surface area (Å²) in [6, 6.07) is 18.3. The number of hydrogen-bond donors (Lipinski definition) is 0. The first kappa shape index (κ1) is 22.1. The molecule has 0 aliphatic carbocycles. The van der Waals surface area contributed by atoms with Gasteiger partial charge in [-0.3, -0.25) is 9.80 Å². The van der Waals surface area contributed by atoms with Crippen molar-refractivity contribution in [2.45, 2.75) is 67.5 Å². The fourth-order valence-corrected chi connectivity index (χ4v) is 4.85.